The molecule has 0 fully saturated rings. The highest BCUT2D eigenvalue weighted by Gasteiger charge is 2.08. The number of aryl methyl sites for hydroxylation is 1. The third-order valence-electron chi connectivity index (χ3n) is 3.50. The first kappa shape index (κ1) is 15.6. The molecule has 0 bridgehead atoms. The monoisotopic (exact) mass is 287 g/mol. The van der Waals surface area contributed by atoms with Crippen LogP contribution < -0.4 is 10.1 Å². The summed E-state index contributed by atoms with van der Waals surface area (Å²) in [6, 6.07) is 8.73. The van der Waals surface area contributed by atoms with Crippen molar-refractivity contribution in [2.45, 2.75) is 46.2 Å². The fraction of sp³-hybridized carbons (Fsp3) is 0.471. The number of aromatic nitrogens is 2. The van der Waals surface area contributed by atoms with Gasteiger partial charge < -0.3 is 10.1 Å². The van der Waals surface area contributed by atoms with E-state index < -0.39 is 0 Å². The van der Waals surface area contributed by atoms with Gasteiger partial charge in [-0.3, -0.25) is 4.68 Å². The van der Waals surface area contributed by atoms with Gasteiger partial charge in [0.25, 0.3) is 0 Å². The number of benzene rings is 1. The molecule has 2 aromatic rings. The Labute approximate surface area is 127 Å². The molecular formula is C17H25N3O. The van der Waals surface area contributed by atoms with Crippen LogP contribution in [0.1, 0.15) is 45.2 Å². The van der Waals surface area contributed by atoms with Gasteiger partial charge in [0.2, 0.25) is 0 Å². The highest BCUT2D eigenvalue weighted by Crippen LogP contribution is 2.24. The molecule has 4 heteroatoms. The summed E-state index contributed by atoms with van der Waals surface area (Å²) >= 11 is 0. The van der Waals surface area contributed by atoms with Crippen LogP contribution in [0.3, 0.4) is 0 Å². The molecule has 0 aliphatic rings. The van der Waals surface area contributed by atoms with Gasteiger partial charge in [0.1, 0.15) is 5.75 Å². The van der Waals surface area contributed by atoms with Crippen molar-refractivity contribution in [3.8, 4) is 11.5 Å². The Bertz CT molecular complexity index is 533. The highest BCUT2D eigenvalue weighted by molar-refractivity contribution is 5.32. The lowest BCUT2D eigenvalue weighted by molar-refractivity contribution is 0.479. The molecule has 2 rings (SSSR count). The maximum absolute atomic E-state index is 5.81. The van der Waals surface area contributed by atoms with E-state index in [0.29, 0.717) is 6.04 Å². The van der Waals surface area contributed by atoms with E-state index in [-0.39, 0.29) is 0 Å². The fourth-order valence-electron chi connectivity index (χ4n) is 2.29. The normalized spacial score (nSPS) is 12.3. The van der Waals surface area contributed by atoms with Gasteiger partial charge in [0.05, 0.1) is 12.4 Å². The molecule has 114 valence electrons. The molecule has 1 unspecified atom stereocenters. The second kappa shape index (κ2) is 7.84. The molecule has 1 aromatic heterocycles. The number of hydrogen-bond donors (Lipinski definition) is 1. The fourth-order valence-corrected chi connectivity index (χ4v) is 2.29. The van der Waals surface area contributed by atoms with Crippen LogP contribution in [-0.2, 0) is 6.54 Å². The number of ether oxygens (including phenoxy) is 1. The van der Waals surface area contributed by atoms with Crippen molar-refractivity contribution in [1.82, 2.24) is 15.1 Å². The van der Waals surface area contributed by atoms with E-state index in [0.717, 1.165) is 37.4 Å². The summed E-state index contributed by atoms with van der Waals surface area (Å²) in [4.78, 5) is 0. The predicted octanol–water partition coefficient (Wildman–Crippen LogP) is 4.15. The number of rotatable bonds is 8. The molecule has 1 heterocycles. The highest BCUT2D eigenvalue weighted by atomic mass is 16.5. The van der Waals surface area contributed by atoms with Crippen LogP contribution in [0.15, 0.2) is 36.7 Å². The molecule has 0 spiro atoms. The minimum atomic E-state index is 0.418. The predicted molar refractivity (Wildman–Crippen MR) is 85.7 cm³/mol. The molecule has 4 nitrogen and oxygen atoms in total. The molecule has 0 saturated heterocycles. The lowest BCUT2D eigenvalue weighted by Gasteiger charge is -2.17. The first-order valence-corrected chi connectivity index (χ1v) is 7.80. The topological polar surface area (TPSA) is 39.1 Å². The first-order chi connectivity index (χ1) is 10.3. The van der Waals surface area contributed by atoms with E-state index in [1.807, 2.05) is 23.0 Å². The Hall–Kier alpha value is -1.81. The van der Waals surface area contributed by atoms with Gasteiger partial charge in [-0.25, -0.2) is 0 Å². The van der Waals surface area contributed by atoms with Crippen molar-refractivity contribution in [3.05, 3.63) is 42.2 Å². The molecule has 1 N–H and O–H groups in total. The third kappa shape index (κ3) is 4.33. The van der Waals surface area contributed by atoms with E-state index in [2.05, 4.69) is 43.3 Å². The minimum absolute atomic E-state index is 0.418. The van der Waals surface area contributed by atoms with Gasteiger partial charge in [-0.2, -0.15) is 5.10 Å². The zero-order chi connectivity index (χ0) is 15.1. The second-order valence-electron chi connectivity index (χ2n) is 5.12. The average molecular weight is 287 g/mol. The third-order valence-corrected chi connectivity index (χ3v) is 3.50. The quantitative estimate of drug-likeness (QED) is 0.793. The molecule has 0 aliphatic heterocycles. The average Bonchev–Trinajstić information content (AvgIpc) is 2.97. The van der Waals surface area contributed by atoms with Crippen LogP contribution in [0.25, 0.3) is 0 Å². The number of hydrogen-bond acceptors (Lipinski definition) is 3. The van der Waals surface area contributed by atoms with Crippen LogP contribution in [0.5, 0.6) is 11.5 Å². The van der Waals surface area contributed by atoms with E-state index in [4.69, 9.17) is 4.74 Å². The van der Waals surface area contributed by atoms with Crippen molar-refractivity contribution >= 4 is 0 Å². The van der Waals surface area contributed by atoms with E-state index in [9.17, 15) is 0 Å². The van der Waals surface area contributed by atoms with Crippen LogP contribution in [0, 0.1) is 0 Å². The summed E-state index contributed by atoms with van der Waals surface area (Å²) in [6.07, 6.45) is 5.89. The summed E-state index contributed by atoms with van der Waals surface area (Å²) < 4.78 is 7.66. The smallest absolute Gasteiger partial charge is 0.165 e. The Balaban J connectivity index is 2.00. The first-order valence-electron chi connectivity index (χ1n) is 7.80. The maximum Gasteiger partial charge on any atom is 0.165 e. The van der Waals surface area contributed by atoms with Crippen molar-refractivity contribution in [1.29, 1.82) is 0 Å². The Morgan fingerprint density at radius 1 is 1.14 bits per heavy atom. The largest absolute Gasteiger partial charge is 0.454 e. The zero-order valence-electron chi connectivity index (χ0n) is 13.2. The van der Waals surface area contributed by atoms with E-state index in [1.54, 1.807) is 6.20 Å². The zero-order valence-corrected chi connectivity index (χ0v) is 13.2. The Morgan fingerprint density at radius 3 is 2.48 bits per heavy atom. The Kier molecular flexibility index (Phi) is 5.81. The molecule has 0 aliphatic carbocycles. The van der Waals surface area contributed by atoms with Gasteiger partial charge in [0.15, 0.2) is 5.75 Å². The molecule has 0 radical (unpaired) electrons. The van der Waals surface area contributed by atoms with Crippen molar-refractivity contribution in [3.63, 3.8) is 0 Å². The molecule has 0 saturated carbocycles. The van der Waals surface area contributed by atoms with Crippen molar-refractivity contribution in [2.24, 2.45) is 0 Å². The van der Waals surface area contributed by atoms with Crippen LogP contribution in [-0.4, -0.2) is 16.3 Å². The number of nitrogens with one attached hydrogen (secondary N) is 1. The summed E-state index contributed by atoms with van der Waals surface area (Å²) in [7, 11) is 0. The van der Waals surface area contributed by atoms with E-state index >= 15 is 0 Å². The summed E-state index contributed by atoms with van der Waals surface area (Å²) in [6.45, 7) is 8.35. The van der Waals surface area contributed by atoms with E-state index in [1.165, 1.54) is 5.56 Å². The van der Waals surface area contributed by atoms with Gasteiger partial charge in [-0.1, -0.05) is 26.0 Å². The summed E-state index contributed by atoms with van der Waals surface area (Å²) in [5.41, 5.74) is 1.31. The van der Waals surface area contributed by atoms with Gasteiger partial charge in [0, 0.05) is 12.6 Å². The summed E-state index contributed by atoms with van der Waals surface area (Å²) in [5, 5.41) is 7.77. The van der Waals surface area contributed by atoms with Crippen LogP contribution in [0.2, 0.25) is 0 Å². The lowest BCUT2D eigenvalue weighted by Crippen LogP contribution is -2.21. The molecular weight excluding hydrogens is 262 g/mol. The van der Waals surface area contributed by atoms with Crippen LogP contribution in [0.4, 0.5) is 0 Å². The van der Waals surface area contributed by atoms with Gasteiger partial charge >= 0.3 is 0 Å². The van der Waals surface area contributed by atoms with Crippen LogP contribution >= 0.6 is 0 Å². The Morgan fingerprint density at radius 2 is 1.90 bits per heavy atom. The molecule has 1 aromatic carbocycles. The second-order valence-corrected chi connectivity index (χ2v) is 5.12. The summed E-state index contributed by atoms with van der Waals surface area (Å²) in [5.74, 6) is 1.63. The lowest BCUT2D eigenvalue weighted by atomic mass is 10.0. The minimum Gasteiger partial charge on any atom is -0.454 e. The molecule has 21 heavy (non-hydrogen) atoms. The number of nitrogens with zero attached hydrogens (tertiary/aromatic N) is 2. The SMILES string of the molecule is CCCNC(CC)c1ccc(Oc2cnn(CC)c2)cc1. The standard InChI is InChI=1S/C17H25N3O/c1-4-11-18-17(5-2)14-7-9-15(10-8-14)21-16-12-19-20(6-3)13-16/h7-10,12-13,17-18H,4-6,11H2,1-3H3. The molecule has 1 atom stereocenters. The molecule has 0 amide bonds. The van der Waals surface area contributed by atoms with Gasteiger partial charge in [-0.05, 0) is 44.0 Å². The maximum atomic E-state index is 5.81. The van der Waals surface area contributed by atoms with Crippen molar-refractivity contribution in [2.75, 3.05) is 6.54 Å². The van der Waals surface area contributed by atoms with Gasteiger partial charge in [-0.15, -0.1) is 0 Å². The van der Waals surface area contributed by atoms with Crippen molar-refractivity contribution < 1.29 is 4.74 Å².